The predicted octanol–water partition coefficient (Wildman–Crippen LogP) is 2.68. The van der Waals surface area contributed by atoms with E-state index in [4.69, 9.17) is 17.3 Å². The quantitative estimate of drug-likeness (QED) is 0.209. The lowest BCUT2D eigenvalue weighted by Gasteiger charge is -2.07. The van der Waals surface area contributed by atoms with Crippen molar-refractivity contribution in [2.75, 3.05) is 12.4 Å². The van der Waals surface area contributed by atoms with Gasteiger partial charge in [-0.05, 0) is 23.8 Å². The van der Waals surface area contributed by atoms with Crippen molar-refractivity contribution >= 4 is 41.0 Å². The first kappa shape index (κ1) is 19.8. The van der Waals surface area contributed by atoms with Crippen molar-refractivity contribution in [2.24, 2.45) is 5.10 Å². The van der Waals surface area contributed by atoms with Crippen LogP contribution in [0.25, 0.3) is 0 Å². The van der Waals surface area contributed by atoms with E-state index in [9.17, 15) is 10.1 Å². The molecule has 2 rings (SSSR count). The third-order valence-electron chi connectivity index (χ3n) is 3.20. The molecular weight excluding hydrogens is 372 g/mol. The Morgan fingerprint density at radius 1 is 1.31 bits per heavy atom. The lowest BCUT2D eigenvalue weighted by Crippen LogP contribution is -2.31. The Labute approximate surface area is 160 Å². The van der Waals surface area contributed by atoms with Gasteiger partial charge >= 0.3 is 0 Å². The van der Waals surface area contributed by atoms with Crippen LogP contribution in [0.1, 0.15) is 11.1 Å². The number of thiocarbonyl (C=S) groups is 1. The monoisotopic (exact) mass is 390 g/mol. The molecule has 0 saturated heterocycles. The third-order valence-corrected chi connectivity index (χ3v) is 4.48. The summed E-state index contributed by atoms with van der Waals surface area (Å²) in [5.41, 5.74) is 4.33. The third kappa shape index (κ3) is 6.43. The number of nitro benzene ring substituents is 1. The zero-order chi connectivity index (χ0) is 18.8. The molecule has 0 fully saturated rings. The number of thioether (sulfide) groups is 1. The van der Waals surface area contributed by atoms with E-state index in [2.05, 4.69) is 15.8 Å². The van der Waals surface area contributed by atoms with Gasteiger partial charge in [-0.2, -0.15) is 5.10 Å². The fraction of sp³-hybridized carbons (Fsp3) is 0.176. The minimum absolute atomic E-state index is 0.0165. The Morgan fingerprint density at radius 2 is 2.08 bits per heavy atom. The molecule has 0 radical (unpaired) electrons. The SMILES string of the molecule is O=[N+]([O-])c1cc(/C=N\NC(=S)NCc2ccccc2)ccc1SCCO. The van der Waals surface area contributed by atoms with E-state index in [1.165, 1.54) is 24.0 Å². The van der Waals surface area contributed by atoms with Crippen LogP contribution in [-0.4, -0.2) is 33.7 Å². The zero-order valence-electron chi connectivity index (χ0n) is 13.8. The number of hydrazone groups is 1. The van der Waals surface area contributed by atoms with Gasteiger partial charge in [0.15, 0.2) is 5.11 Å². The molecule has 9 heteroatoms. The summed E-state index contributed by atoms with van der Waals surface area (Å²) < 4.78 is 0. The second-order valence-corrected chi connectivity index (χ2v) is 6.64. The van der Waals surface area contributed by atoms with Gasteiger partial charge in [0, 0.05) is 23.9 Å². The minimum atomic E-state index is -0.448. The average Bonchev–Trinajstić information content (AvgIpc) is 2.66. The summed E-state index contributed by atoms with van der Waals surface area (Å²) in [6.45, 7) is 0.535. The Kier molecular flexibility index (Phi) is 8.00. The number of nitrogens with zero attached hydrogens (tertiary/aromatic N) is 2. The summed E-state index contributed by atoms with van der Waals surface area (Å²) in [5.74, 6) is 0.400. The van der Waals surface area contributed by atoms with Crippen molar-refractivity contribution < 1.29 is 10.0 Å². The summed E-state index contributed by atoms with van der Waals surface area (Å²) in [5, 5.41) is 27.4. The van der Waals surface area contributed by atoms with Crippen LogP contribution in [0.3, 0.4) is 0 Å². The molecule has 2 aromatic rings. The van der Waals surface area contributed by atoms with E-state index in [0.29, 0.717) is 27.9 Å². The molecule has 26 heavy (non-hydrogen) atoms. The number of aliphatic hydroxyl groups is 1. The first-order valence-electron chi connectivity index (χ1n) is 7.73. The number of nitrogens with one attached hydrogen (secondary N) is 2. The summed E-state index contributed by atoms with van der Waals surface area (Å²) in [7, 11) is 0. The van der Waals surface area contributed by atoms with Crippen molar-refractivity contribution in [3.05, 3.63) is 69.8 Å². The first-order chi connectivity index (χ1) is 12.6. The molecule has 7 nitrogen and oxygen atoms in total. The Balaban J connectivity index is 1.91. The van der Waals surface area contributed by atoms with Gasteiger partial charge in [0.2, 0.25) is 0 Å². The highest BCUT2D eigenvalue weighted by Gasteiger charge is 2.14. The van der Waals surface area contributed by atoms with Crippen molar-refractivity contribution in [3.63, 3.8) is 0 Å². The largest absolute Gasteiger partial charge is 0.396 e. The average molecular weight is 390 g/mol. The first-order valence-corrected chi connectivity index (χ1v) is 9.12. The van der Waals surface area contributed by atoms with Crippen LogP contribution in [0.2, 0.25) is 0 Å². The predicted molar refractivity (Wildman–Crippen MR) is 108 cm³/mol. The van der Waals surface area contributed by atoms with Crippen LogP contribution >= 0.6 is 24.0 Å². The molecule has 0 saturated carbocycles. The highest BCUT2D eigenvalue weighted by molar-refractivity contribution is 7.99. The van der Waals surface area contributed by atoms with Gasteiger partial charge in [-0.25, -0.2) is 0 Å². The van der Waals surface area contributed by atoms with E-state index in [0.717, 1.165) is 5.56 Å². The van der Waals surface area contributed by atoms with Crippen molar-refractivity contribution in [2.45, 2.75) is 11.4 Å². The van der Waals surface area contributed by atoms with Crippen molar-refractivity contribution in [1.82, 2.24) is 10.7 Å². The van der Waals surface area contributed by atoms with Crippen LogP contribution in [0.15, 0.2) is 58.5 Å². The summed E-state index contributed by atoms with van der Waals surface area (Å²) in [4.78, 5) is 11.2. The maximum absolute atomic E-state index is 11.2. The molecule has 0 aliphatic heterocycles. The molecule has 0 aliphatic carbocycles. The second kappa shape index (κ2) is 10.5. The standard InChI is InChI=1S/C17H18N4O3S2/c22-8-9-26-16-7-6-14(10-15(16)21(23)24)12-19-20-17(25)18-11-13-4-2-1-3-5-13/h1-7,10,12,22H,8-9,11H2,(H2,18,20,25)/b19-12-. The van der Waals surface area contributed by atoms with E-state index in [1.54, 1.807) is 12.1 Å². The van der Waals surface area contributed by atoms with Crippen LogP contribution in [-0.2, 0) is 6.54 Å². The number of aliphatic hydroxyl groups excluding tert-OH is 1. The molecular formula is C17H18N4O3S2. The summed E-state index contributed by atoms with van der Waals surface area (Å²) in [6.07, 6.45) is 1.46. The topological polar surface area (TPSA) is 99.8 Å². The molecule has 136 valence electrons. The van der Waals surface area contributed by atoms with Gasteiger partial charge in [0.25, 0.3) is 5.69 Å². The number of hydrogen-bond acceptors (Lipinski definition) is 6. The molecule has 0 atom stereocenters. The Hall–Kier alpha value is -2.49. The van der Waals surface area contributed by atoms with Crippen LogP contribution in [0, 0.1) is 10.1 Å². The summed E-state index contributed by atoms with van der Waals surface area (Å²) >= 11 is 6.37. The van der Waals surface area contributed by atoms with Crippen LogP contribution in [0.5, 0.6) is 0 Å². The van der Waals surface area contributed by atoms with Gasteiger partial charge in [0.05, 0.1) is 22.6 Å². The number of rotatable bonds is 8. The van der Waals surface area contributed by atoms with E-state index < -0.39 is 4.92 Å². The molecule has 0 bridgehead atoms. The molecule has 2 aromatic carbocycles. The lowest BCUT2D eigenvalue weighted by molar-refractivity contribution is -0.387. The van der Waals surface area contributed by atoms with E-state index in [-0.39, 0.29) is 12.3 Å². The Morgan fingerprint density at radius 3 is 2.77 bits per heavy atom. The van der Waals surface area contributed by atoms with Gasteiger partial charge < -0.3 is 10.4 Å². The fourth-order valence-electron chi connectivity index (χ4n) is 2.02. The highest BCUT2D eigenvalue weighted by Crippen LogP contribution is 2.29. The maximum Gasteiger partial charge on any atom is 0.283 e. The van der Waals surface area contributed by atoms with E-state index >= 15 is 0 Å². The minimum Gasteiger partial charge on any atom is -0.396 e. The molecule has 0 unspecified atom stereocenters. The molecule has 0 aliphatic rings. The fourth-order valence-corrected chi connectivity index (χ4v) is 2.90. The number of nitro groups is 1. The molecule has 0 aromatic heterocycles. The lowest BCUT2D eigenvalue weighted by atomic mass is 10.2. The second-order valence-electron chi connectivity index (χ2n) is 5.09. The van der Waals surface area contributed by atoms with Gasteiger partial charge in [0.1, 0.15) is 0 Å². The smallest absolute Gasteiger partial charge is 0.283 e. The Bertz CT molecular complexity index is 785. The number of hydrogen-bond donors (Lipinski definition) is 3. The maximum atomic E-state index is 11.2. The van der Waals surface area contributed by atoms with Crippen molar-refractivity contribution in [1.29, 1.82) is 0 Å². The highest BCUT2D eigenvalue weighted by atomic mass is 32.2. The van der Waals surface area contributed by atoms with E-state index in [1.807, 2.05) is 30.3 Å². The molecule has 0 spiro atoms. The summed E-state index contributed by atoms with van der Waals surface area (Å²) in [6, 6.07) is 14.6. The van der Waals surface area contributed by atoms with Crippen LogP contribution < -0.4 is 10.7 Å². The van der Waals surface area contributed by atoms with Gasteiger partial charge in [-0.3, -0.25) is 15.5 Å². The van der Waals surface area contributed by atoms with Crippen LogP contribution in [0.4, 0.5) is 5.69 Å². The van der Waals surface area contributed by atoms with Gasteiger partial charge in [-0.1, -0.05) is 36.4 Å². The zero-order valence-corrected chi connectivity index (χ0v) is 15.4. The molecule has 0 heterocycles. The molecule has 0 amide bonds. The molecule has 3 N–H and O–H groups in total. The normalized spacial score (nSPS) is 10.7. The van der Waals surface area contributed by atoms with Gasteiger partial charge in [-0.15, -0.1) is 11.8 Å². The van der Waals surface area contributed by atoms with Crippen molar-refractivity contribution in [3.8, 4) is 0 Å². The number of benzene rings is 2.